The summed E-state index contributed by atoms with van der Waals surface area (Å²) in [6.07, 6.45) is 5.15. The summed E-state index contributed by atoms with van der Waals surface area (Å²) in [5.41, 5.74) is 6.41. The van der Waals surface area contributed by atoms with Crippen molar-refractivity contribution in [3.8, 4) is 0 Å². The van der Waals surface area contributed by atoms with Crippen LogP contribution in [0.1, 0.15) is 32.6 Å². The molecular weight excluding hydrogens is 352 g/mol. The fourth-order valence-electron chi connectivity index (χ4n) is 2.62. The predicted octanol–water partition coefficient (Wildman–Crippen LogP) is 0.906. The Balaban J connectivity index is 2.06. The van der Waals surface area contributed by atoms with E-state index in [4.69, 9.17) is 0 Å². The van der Waals surface area contributed by atoms with Crippen LogP contribution in [0.15, 0.2) is 6.33 Å². The Morgan fingerprint density at radius 1 is 1.37 bits per heavy atom. The van der Waals surface area contributed by atoms with Gasteiger partial charge in [0, 0.05) is 14.1 Å². The largest absolute Gasteiger partial charge is 0.361 e. The van der Waals surface area contributed by atoms with E-state index in [-0.39, 0.29) is 24.8 Å². The van der Waals surface area contributed by atoms with Crippen LogP contribution in [-0.2, 0) is 9.59 Å². The molecule has 11 heteroatoms. The quantitative estimate of drug-likeness (QED) is 0.196. The molecule has 2 aromatic rings. The van der Waals surface area contributed by atoms with Crippen LogP contribution in [-0.4, -0.2) is 63.2 Å². The van der Waals surface area contributed by atoms with Gasteiger partial charge in [0.1, 0.15) is 0 Å². The number of amides is 2. The van der Waals surface area contributed by atoms with Crippen LogP contribution in [0.4, 0.5) is 11.8 Å². The summed E-state index contributed by atoms with van der Waals surface area (Å²) in [5.74, 6) is -0.109. The summed E-state index contributed by atoms with van der Waals surface area (Å²) >= 11 is 0. The second kappa shape index (κ2) is 9.67. The number of hydrazine groups is 1. The summed E-state index contributed by atoms with van der Waals surface area (Å²) in [6.45, 7) is 1.98. The molecule has 11 nitrogen and oxygen atoms in total. The minimum atomic E-state index is -0.552. The zero-order valence-corrected chi connectivity index (χ0v) is 15.8. The number of imidazole rings is 1. The Morgan fingerprint density at radius 3 is 2.81 bits per heavy atom. The Labute approximate surface area is 157 Å². The van der Waals surface area contributed by atoms with E-state index in [9.17, 15) is 14.8 Å². The van der Waals surface area contributed by atoms with Crippen LogP contribution in [0.2, 0.25) is 0 Å². The molecule has 1 unspecified atom stereocenters. The third-order valence-electron chi connectivity index (χ3n) is 4.04. The van der Waals surface area contributed by atoms with Crippen molar-refractivity contribution in [2.24, 2.45) is 5.92 Å². The van der Waals surface area contributed by atoms with E-state index in [1.807, 2.05) is 14.1 Å². The Morgan fingerprint density at radius 2 is 2.15 bits per heavy atom. The lowest BCUT2D eigenvalue weighted by Crippen LogP contribution is -2.40. The molecule has 4 N–H and O–H groups in total. The van der Waals surface area contributed by atoms with E-state index < -0.39 is 5.92 Å². The maximum atomic E-state index is 12.5. The molecule has 0 saturated carbocycles. The van der Waals surface area contributed by atoms with Crippen molar-refractivity contribution >= 4 is 35.2 Å². The van der Waals surface area contributed by atoms with Gasteiger partial charge >= 0.3 is 0 Å². The molecule has 2 amide bonds. The number of hydrogen-bond acceptors (Lipinski definition) is 8. The molecule has 0 aliphatic heterocycles. The molecule has 27 heavy (non-hydrogen) atoms. The van der Waals surface area contributed by atoms with Gasteiger partial charge in [0.05, 0.1) is 18.8 Å². The first kappa shape index (κ1) is 20.4. The van der Waals surface area contributed by atoms with E-state index in [0.29, 0.717) is 28.5 Å². The minimum absolute atomic E-state index is 0.0793. The van der Waals surface area contributed by atoms with E-state index in [1.165, 1.54) is 6.33 Å². The summed E-state index contributed by atoms with van der Waals surface area (Å²) in [4.78, 5) is 40.6. The molecule has 2 aromatic heterocycles. The molecule has 148 valence electrons. The number of fused-ring (bicyclic) bond motifs is 1. The van der Waals surface area contributed by atoms with Crippen LogP contribution in [0.5, 0.6) is 0 Å². The third kappa shape index (κ3) is 5.51. The molecule has 0 spiro atoms. The van der Waals surface area contributed by atoms with Gasteiger partial charge in [-0.05, 0) is 6.42 Å². The zero-order valence-electron chi connectivity index (χ0n) is 15.8. The van der Waals surface area contributed by atoms with Gasteiger partial charge in [-0.2, -0.15) is 9.97 Å². The summed E-state index contributed by atoms with van der Waals surface area (Å²) in [7, 11) is 3.66. The lowest BCUT2D eigenvalue weighted by Gasteiger charge is -2.20. The van der Waals surface area contributed by atoms with Gasteiger partial charge in [-0.15, -0.1) is 0 Å². The van der Waals surface area contributed by atoms with Gasteiger partial charge in [-0.25, -0.2) is 10.0 Å². The van der Waals surface area contributed by atoms with Crippen molar-refractivity contribution in [2.45, 2.75) is 32.6 Å². The Bertz CT molecular complexity index is 763. The molecule has 0 aromatic carbocycles. The number of carbonyl (C=O) groups is 2. The topological polar surface area (TPSA) is 139 Å². The van der Waals surface area contributed by atoms with Gasteiger partial charge < -0.3 is 9.88 Å². The molecule has 0 aliphatic carbocycles. The standard InChI is InChI=1S/C16H26N8O3/c1-4-5-6-7-11(8-24(27)10-25)15(26)21-22-16-19-13-12(17-9-18-13)14(20-16)23(2)3/h9-11,27H,4-8H2,1-3H3,(H,21,26)(H2,17,18,19,20,22). The first-order valence-corrected chi connectivity index (χ1v) is 8.81. The van der Waals surface area contributed by atoms with E-state index in [2.05, 4.69) is 37.7 Å². The van der Waals surface area contributed by atoms with Crippen molar-refractivity contribution in [2.75, 3.05) is 31.0 Å². The predicted molar refractivity (Wildman–Crippen MR) is 100.0 cm³/mol. The number of carbonyl (C=O) groups excluding carboxylic acids is 2. The van der Waals surface area contributed by atoms with Gasteiger partial charge in [-0.1, -0.05) is 26.2 Å². The average Bonchev–Trinajstić information content (AvgIpc) is 3.12. The summed E-state index contributed by atoms with van der Waals surface area (Å²) < 4.78 is 0. The second-order valence-electron chi connectivity index (χ2n) is 6.40. The fraction of sp³-hybridized carbons (Fsp3) is 0.562. The van der Waals surface area contributed by atoms with Crippen LogP contribution >= 0.6 is 0 Å². The van der Waals surface area contributed by atoms with Crippen molar-refractivity contribution < 1.29 is 14.8 Å². The number of aromatic nitrogens is 4. The molecular formula is C16H26N8O3. The number of hydrogen-bond donors (Lipinski definition) is 4. The smallest absolute Gasteiger partial charge is 0.245 e. The molecule has 0 fully saturated rings. The Kier molecular flexibility index (Phi) is 7.29. The fourth-order valence-corrected chi connectivity index (χ4v) is 2.62. The summed E-state index contributed by atoms with van der Waals surface area (Å²) in [5, 5.41) is 9.91. The van der Waals surface area contributed by atoms with Crippen molar-refractivity contribution in [1.82, 2.24) is 30.4 Å². The summed E-state index contributed by atoms with van der Waals surface area (Å²) in [6, 6.07) is 0. The number of unbranched alkanes of at least 4 members (excludes halogenated alkanes) is 2. The molecule has 0 aliphatic rings. The monoisotopic (exact) mass is 378 g/mol. The van der Waals surface area contributed by atoms with E-state index in [1.54, 1.807) is 4.90 Å². The van der Waals surface area contributed by atoms with Gasteiger partial charge in [-0.3, -0.25) is 25.6 Å². The Hall–Kier alpha value is -2.95. The number of hydroxylamine groups is 2. The number of nitrogens with one attached hydrogen (secondary N) is 3. The maximum Gasteiger partial charge on any atom is 0.245 e. The highest BCUT2D eigenvalue weighted by Crippen LogP contribution is 2.20. The molecule has 2 rings (SSSR count). The minimum Gasteiger partial charge on any atom is -0.361 e. The lowest BCUT2D eigenvalue weighted by molar-refractivity contribution is -0.154. The van der Waals surface area contributed by atoms with E-state index >= 15 is 0 Å². The average molecular weight is 378 g/mol. The van der Waals surface area contributed by atoms with E-state index in [0.717, 1.165) is 19.3 Å². The maximum absolute atomic E-state index is 12.5. The molecule has 2 heterocycles. The second-order valence-corrected chi connectivity index (χ2v) is 6.40. The molecule has 0 saturated heterocycles. The highest BCUT2D eigenvalue weighted by molar-refractivity contribution is 5.84. The molecule has 0 radical (unpaired) electrons. The van der Waals surface area contributed by atoms with Crippen LogP contribution < -0.4 is 15.8 Å². The number of rotatable bonds is 11. The van der Waals surface area contributed by atoms with Crippen molar-refractivity contribution in [3.63, 3.8) is 0 Å². The first-order chi connectivity index (χ1) is 13.0. The first-order valence-electron chi connectivity index (χ1n) is 8.81. The normalized spacial score (nSPS) is 11.9. The van der Waals surface area contributed by atoms with Gasteiger partial charge in [0.25, 0.3) is 0 Å². The number of aromatic amines is 1. The molecule has 1 atom stereocenters. The number of nitrogens with zero attached hydrogens (tertiary/aromatic N) is 5. The molecule has 0 bridgehead atoms. The van der Waals surface area contributed by atoms with Gasteiger partial charge in [0.15, 0.2) is 17.0 Å². The highest BCUT2D eigenvalue weighted by atomic mass is 16.5. The SMILES string of the molecule is CCCCCC(CN(O)C=O)C(=O)NNc1nc(N(C)C)c2nc[nH]c2n1. The van der Waals surface area contributed by atoms with Crippen molar-refractivity contribution in [1.29, 1.82) is 0 Å². The number of H-pyrrole nitrogens is 1. The van der Waals surface area contributed by atoms with Gasteiger partial charge in [0.2, 0.25) is 18.3 Å². The van der Waals surface area contributed by atoms with Crippen molar-refractivity contribution in [3.05, 3.63) is 6.33 Å². The zero-order chi connectivity index (χ0) is 19.8. The van der Waals surface area contributed by atoms with Crippen LogP contribution in [0.3, 0.4) is 0 Å². The third-order valence-corrected chi connectivity index (χ3v) is 4.04. The van der Waals surface area contributed by atoms with Crippen LogP contribution in [0.25, 0.3) is 11.2 Å². The highest BCUT2D eigenvalue weighted by Gasteiger charge is 2.21. The van der Waals surface area contributed by atoms with Crippen LogP contribution in [0, 0.1) is 5.92 Å². The number of anilines is 2. The lowest BCUT2D eigenvalue weighted by atomic mass is 10.0.